The highest BCUT2D eigenvalue weighted by atomic mass is 16.5. The summed E-state index contributed by atoms with van der Waals surface area (Å²) in [6, 6.07) is 8.02. The lowest BCUT2D eigenvalue weighted by Gasteiger charge is -2.47. The van der Waals surface area contributed by atoms with Crippen molar-refractivity contribution >= 4 is 16.9 Å². The van der Waals surface area contributed by atoms with E-state index in [0.717, 1.165) is 43.2 Å². The number of aromatic carboxylic acids is 1. The van der Waals surface area contributed by atoms with E-state index in [1.807, 2.05) is 17.6 Å². The smallest absolute Gasteiger partial charge is 0.438 e. The molecule has 8 heteroatoms. The summed E-state index contributed by atoms with van der Waals surface area (Å²) in [5.74, 6) is -0.702. The molecule has 2 N–H and O–H groups in total. The summed E-state index contributed by atoms with van der Waals surface area (Å²) in [4.78, 5) is 26.4. The van der Waals surface area contributed by atoms with Crippen LogP contribution in [-0.2, 0) is 10.3 Å². The van der Waals surface area contributed by atoms with Gasteiger partial charge in [-0.05, 0) is 74.1 Å². The van der Waals surface area contributed by atoms with Crippen molar-refractivity contribution in [1.82, 2.24) is 14.7 Å². The lowest BCUT2D eigenvalue weighted by molar-refractivity contribution is -0.133. The number of hydrogen-bond acceptors (Lipinski definition) is 5. The molecular weight excluding hydrogens is 398 g/mol. The van der Waals surface area contributed by atoms with Crippen LogP contribution < -0.4 is 5.76 Å². The minimum absolute atomic E-state index is 0.0579. The SMILES string of the molecule is C[C@H]1C[C@]1(c1noc(=O)[nH]1)n1c(C(=O)O)cc2cc([C@@H]3CCOC4(CCC4)C3)ccc21. The largest absolute Gasteiger partial charge is 0.477 e. The fourth-order valence-corrected chi connectivity index (χ4v) is 5.88. The number of benzene rings is 1. The maximum absolute atomic E-state index is 12.2. The van der Waals surface area contributed by atoms with Gasteiger partial charge in [0.2, 0.25) is 0 Å². The Bertz CT molecular complexity index is 1250. The van der Waals surface area contributed by atoms with Crippen LogP contribution in [0.5, 0.6) is 0 Å². The number of fused-ring (bicyclic) bond motifs is 1. The number of aromatic nitrogens is 3. The molecule has 3 aliphatic rings. The van der Waals surface area contributed by atoms with E-state index in [1.54, 1.807) is 6.07 Å². The van der Waals surface area contributed by atoms with Gasteiger partial charge in [-0.15, -0.1) is 0 Å². The van der Waals surface area contributed by atoms with E-state index in [0.29, 0.717) is 18.2 Å². The molecule has 3 aromatic rings. The van der Waals surface area contributed by atoms with Crippen molar-refractivity contribution < 1.29 is 19.2 Å². The molecule has 3 heterocycles. The van der Waals surface area contributed by atoms with E-state index < -0.39 is 17.3 Å². The van der Waals surface area contributed by atoms with E-state index in [-0.39, 0.29) is 17.2 Å². The van der Waals surface area contributed by atoms with Crippen molar-refractivity contribution in [2.75, 3.05) is 6.61 Å². The molecule has 1 spiro atoms. The second-order valence-corrected chi connectivity index (χ2v) is 9.54. The Labute approximate surface area is 178 Å². The van der Waals surface area contributed by atoms with Crippen LogP contribution in [0.15, 0.2) is 33.6 Å². The second-order valence-electron chi connectivity index (χ2n) is 9.54. The monoisotopic (exact) mass is 423 g/mol. The summed E-state index contributed by atoms with van der Waals surface area (Å²) in [5, 5.41) is 14.8. The predicted molar refractivity (Wildman–Crippen MR) is 111 cm³/mol. The van der Waals surface area contributed by atoms with Crippen LogP contribution in [0.2, 0.25) is 0 Å². The zero-order valence-electron chi connectivity index (χ0n) is 17.4. The first-order chi connectivity index (χ1) is 14.9. The zero-order valence-corrected chi connectivity index (χ0v) is 17.4. The number of carboxylic acid groups (broad SMARTS) is 1. The van der Waals surface area contributed by atoms with Crippen LogP contribution in [0.1, 0.15) is 73.2 Å². The van der Waals surface area contributed by atoms with E-state index in [2.05, 4.69) is 22.3 Å². The standard InChI is InChI=1S/C23H25N3O5/c1-13-11-23(13,20-24-21(29)31-25-20)26-17-4-3-14(9-16(17)10-18(26)19(27)28)15-5-8-30-22(12-15)6-2-7-22/h3-4,9-10,13,15H,2,5-8,11-12H2,1H3,(H,27,28)(H,24,25,29)/t13-,15+,23-/m0/s1. The number of carbonyl (C=O) groups is 1. The van der Waals surface area contributed by atoms with Gasteiger partial charge in [0.1, 0.15) is 11.2 Å². The quantitative estimate of drug-likeness (QED) is 0.663. The van der Waals surface area contributed by atoms with Crippen molar-refractivity contribution in [3.63, 3.8) is 0 Å². The Hall–Kier alpha value is -2.87. The molecule has 2 aromatic heterocycles. The van der Waals surface area contributed by atoms with Gasteiger partial charge in [-0.25, -0.2) is 9.59 Å². The van der Waals surface area contributed by atoms with Crippen LogP contribution in [-0.4, -0.2) is 38.0 Å². The third-order valence-corrected chi connectivity index (χ3v) is 7.80. The minimum Gasteiger partial charge on any atom is -0.477 e. The van der Waals surface area contributed by atoms with Crippen LogP contribution in [0, 0.1) is 5.92 Å². The molecule has 8 nitrogen and oxygen atoms in total. The normalized spacial score (nSPS) is 29.2. The average Bonchev–Trinajstić information content (AvgIpc) is 3.07. The van der Waals surface area contributed by atoms with Crippen molar-refractivity contribution in [3.8, 4) is 0 Å². The molecule has 0 unspecified atom stereocenters. The Kier molecular flexibility index (Phi) is 3.85. The Morgan fingerprint density at radius 3 is 2.71 bits per heavy atom. The third-order valence-electron chi connectivity index (χ3n) is 7.80. The fraction of sp³-hybridized carbons (Fsp3) is 0.522. The highest BCUT2D eigenvalue weighted by Crippen LogP contribution is 2.56. The van der Waals surface area contributed by atoms with E-state index in [9.17, 15) is 14.7 Å². The molecule has 0 bridgehead atoms. The molecular formula is C23H25N3O5. The number of aromatic amines is 1. The Morgan fingerprint density at radius 1 is 1.29 bits per heavy atom. The molecule has 1 saturated heterocycles. The topological polar surface area (TPSA) is 110 Å². The molecule has 162 valence electrons. The van der Waals surface area contributed by atoms with Crippen LogP contribution in [0.4, 0.5) is 0 Å². The van der Waals surface area contributed by atoms with Gasteiger partial charge in [0.15, 0.2) is 5.82 Å². The molecule has 2 aliphatic carbocycles. The summed E-state index contributed by atoms with van der Waals surface area (Å²) in [5.41, 5.74) is 1.62. The first-order valence-corrected chi connectivity index (χ1v) is 11.0. The van der Waals surface area contributed by atoms with Gasteiger partial charge in [0.05, 0.1) is 5.60 Å². The fourth-order valence-electron chi connectivity index (χ4n) is 5.88. The molecule has 1 aromatic carbocycles. The highest BCUT2D eigenvalue weighted by Gasteiger charge is 2.59. The lowest BCUT2D eigenvalue weighted by atomic mass is 9.70. The summed E-state index contributed by atoms with van der Waals surface area (Å²) in [6.07, 6.45) is 6.22. The molecule has 3 atom stereocenters. The van der Waals surface area contributed by atoms with Crippen LogP contribution in [0.3, 0.4) is 0 Å². The molecule has 31 heavy (non-hydrogen) atoms. The molecule has 0 radical (unpaired) electrons. The van der Waals surface area contributed by atoms with Gasteiger partial charge in [-0.1, -0.05) is 18.1 Å². The molecule has 1 aliphatic heterocycles. The number of hydrogen-bond donors (Lipinski definition) is 2. The highest BCUT2D eigenvalue weighted by molar-refractivity contribution is 5.95. The number of nitrogens with one attached hydrogen (secondary N) is 1. The number of nitrogens with zero attached hydrogens (tertiary/aromatic N) is 2. The first kappa shape index (κ1) is 18.9. The van der Waals surface area contributed by atoms with Gasteiger partial charge < -0.3 is 14.4 Å². The van der Waals surface area contributed by atoms with Crippen molar-refractivity contribution in [1.29, 1.82) is 0 Å². The molecule has 2 saturated carbocycles. The maximum atomic E-state index is 12.2. The third kappa shape index (κ3) is 2.67. The number of rotatable bonds is 4. The average molecular weight is 423 g/mol. The van der Waals surface area contributed by atoms with Crippen molar-refractivity contribution in [3.05, 3.63) is 51.9 Å². The predicted octanol–water partition coefficient (Wildman–Crippen LogP) is 3.62. The van der Waals surface area contributed by atoms with Gasteiger partial charge in [-0.2, -0.15) is 0 Å². The minimum atomic E-state index is -0.999. The maximum Gasteiger partial charge on any atom is 0.438 e. The summed E-state index contributed by atoms with van der Waals surface area (Å²) in [7, 11) is 0. The van der Waals surface area contributed by atoms with Gasteiger partial charge in [0, 0.05) is 17.5 Å². The number of carboxylic acids is 1. The van der Waals surface area contributed by atoms with Crippen LogP contribution >= 0.6 is 0 Å². The van der Waals surface area contributed by atoms with Gasteiger partial charge >= 0.3 is 11.7 Å². The second kappa shape index (κ2) is 6.32. The summed E-state index contributed by atoms with van der Waals surface area (Å²) in [6.45, 7) is 2.81. The van der Waals surface area contributed by atoms with E-state index in [1.165, 1.54) is 12.0 Å². The molecule has 3 fully saturated rings. The number of ether oxygens (including phenoxy) is 1. The zero-order chi connectivity index (χ0) is 21.4. The lowest BCUT2D eigenvalue weighted by Crippen LogP contribution is -2.44. The summed E-state index contributed by atoms with van der Waals surface area (Å²) < 4.78 is 12.7. The Morgan fingerprint density at radius 2 is 2.10 bits per heavy atom. The molecule has 0 amide bonds. The van der Waals surface area contributed by atoms with Crippen molar-refractivity contribution in [2.45, 2.75) is 62.5 Å². The molecule has 6 rings (SSSR count). The Balaban J connectivity index is 1.46. The van der Waals surface area contributed by atoms with Gasteiger partial charge in [-0.3, -0.25) is 9.51 Å². The van der Waals surface area contributed by atoms with Crippen LogP contribution in [0.25, 0.3) is 10.9 Å². The summed E-state index contributed by atoms with van der Waals surface area (Å²) >= 11 is 0. The van der Waals surface area contributed by atoms with Crippen molar-refractivity contribution in [2.24, 2.45) is 5.92 Å². The van der Waals surface area contributed by atoms with E-state index in [4.69, 9.17) is 9.26 Å². The van der Waals surface area contributed by atoms with Gasteiger partial charge in [0.25, 0.3) is 0 Å². The number of H-pyrrole nitrogens is 1. The first-order valence-electron chi connectivity index (χ1n) is 11.0. The van der Waals surface area contributed by atoms with E-state index >= 15 is 0 Å².